The Morgan fingerprint density at radius 2 is 1.96 bits per heavy atom. The number of urea groups is 1. The Kier molecular flexibility index (Phi) is 4.94. The van der Waals surface area contributed by atoms with E-state index < -0.39 is 0 Å². The summed E-state index contributed by atoms with van der Waals surface area (Å²) in [6, 6.07) is 7.30. The van der Waals surface area contributed by atoms with E-state index in [0.717, 1.165) is 29.1 Å². The number of hydrogen-bond donors (Lipinski definition) is 0. The number of methoxy groups -OCH3 is 2. The lowest BCUT2D eigenvalue weighted by Gasteiger charge is -2.40. The van der Waals surface area contributed by atoms with Gasteiger partial charge in [0.15, 0.2) is 0 Å². The van der Waals surface area contributed by atoms with E-state index in [1.165, 1.54) is 0 Å². The van der Waals surface area contributed by atoms with Crippen LogP contribution < -0.4 is 9.47 Å². The zero-order valence-electron chi connectivity index (χ0n) is 15.6. The number of hydrogen-bond acceptors (Lipinski definition) is 5. The van der Waals surface area contributed by atoms with Crippen molar-refractivity contribution in [2.24, 2.45) is 0 Å². The zero-order chi connectivity index (χ0) is 18.8. The molecule has 0 bridgehead atoms. The highest BCUT2D eigenvalue weighted by Crippen LogP contribution is 2.43. The second-order valence-corrected chi connectivity index (χ2v) is 6.65. The molecule has 0 aliphatic carbocycles. The largest absolute Gasteiger partial charge is 0.497 e. The number of ether oxygens (including phenoxy) is 3. The van der Waals surface area contributed by atoms with Crippen molar-refractivity contribution in [1.82, 2.24) is 9.80 Å². The fourth-order valence-electron chi connectivity index (χ4n) is 3.87. The summed E-state index contributed by atoms with van der Waals surface area (Å²) in [6.45, 7) is 2.95. The second-order valence-electron chi connectivity index (χ2n) is 6.65. The van der Waals surface area contributed by atoms with Crippen molar-refractivity contribution in [3.63, 3.8) is 0 Å². The number of amides is 2. The van der Waals surface area contributed by atoms with E-state index in [0.29, 0.717) is 38.6 Å². The molecule has 0 saturated carbocycles. The maximum atomic E-state index is 13.3. The Bertz CT molecular complexity index is 782. The molecule has 1 atom stereocenters. The van der Waals surface area contributed by atoms with Gasteiger partial charge >= 0.3 is 6.03 Å². The first-order chi connectivity index (χ1) is 13.2. The van der Waals surface area contributed by atoms with Gasteiger partial charge in [0.25, 0.3) is 0 Å². The Morgan fingerprint density at radius 3 is 2.63 bits per heavy atom. The zero-order valence-corrected chi connectivity index (χ0v) is 15.6. The number of furan rings is 1. The van der Waals surface area contributed by atoms with Crippen LogP contribution in [0.3, 0.4) is 0 Å². The third-order valence-corrected chi connectivity index (χ3v) is 5.20. The summed E-state index contributed by atoms with van der Waals surface area (Å²) in [4.78, 5) is 17.0. The predicted octanol–water partition coefficient (Wildman–Crippen LogP) is 2.70. The molecule has 144 valence electrons. The predicted molar refractivity (Wildman–Crippen MR) is 98.3 cm³/mol. The standard InChI is InChI=1S/C20H24N2O5/c1-24-15-12-14-5-6-22(20(23)21-7-10-26-11-8-21)19(16-4-3-9-27-16)18(14)17(13-15)25-2/h3-4,9,12-13,19H,5-8,10-11H2,1-2H3. The first-order valence-electron chi connectivity index (χ1n) is 9.14. The SMILES string of the molecule is COc1cc2c(c(OC)c1)C(c1ccco1)N(C(=O)N1CCOCC1)CC2. The Hall–Kier alpha value is -2.67. The molecule has 0 radical (unpaired) electrons. The molecular weight excluding hydrogens is 348 g/mol. The van der Waals surface area contributed by atoms with Crippen LogP contribution >= 0.6 is 0 Å². The number of rotatable bonds is 3. The quantitative estimate of drug-likeness (QED) is 0.829. The third kappa shape index (κ3) is 3.23. The maximum absolute atomic E-state index is 13.3. The highest BCUT2D eigenvalue weighted by atomic mass is 16.5. The number of fused-ring (bicyclic) bond motifs is 1. The molecule has 1 aromatic heterocycles. The summed E-state index contributed by atoms with van der Waals surface area (Å²) >= 11 is 0. The fourth-order valence-corrected chi connectivity index (χ4v) is 3.87. The number of carbonyl (C=O) groups is 1. The van der Waals surface area contributed by atoms with E-state index >= 15 is 0 Å². The van der Waals surface area contributed by atoms with Crippen LogP contribution in [0.2, 0.25) is 0 Å². The number of benzene rings is 1. The van der Waals surface area contributed by atoms with Gasteiger partial charge in [-0.15, -0.1) is 0 Å². The van der Waals surface area contributed by atoms with Crippen molar-refractivity contribution < 1.29 is 23.4 Å². The summed E-state index contributed by atoms with van der Waals surface area (Å²) in [7, 11) is 3.28. The molecule has 1 aromatic carbocycles. The lowest BCUT2D eigenvalue weighted by molar-refractivity contribution is 0.0389. The van der Waals surface area contributed by atoms with Crippen molar-refractivity contribution >= 4 is 6.03 Å². The minimum atomic E-state index is -0.333. The third-order valence-electron chi connectivity index (χ3n) is 5.20. The minimum Gasteiger partial charge on any atom is -0.497 e. The van der Waals surface area contributed by atoms with Gasteiger partial charge in [0.1, 0.15) is 23.3 Å². The van der Waals surface area contributed by atoms with E-state index in [9.17, 15) is 4.79 Å². The van der Waals surface area contributed by atoms with E-state index in [2.05, 4.69) is 0 Å². The summed E-state index contributed by atoms with van der Waals surface area (Å²) in [5.41, 5.74) is 2.07. The van der Waals surface area contributed by atoms with E-state index in [1.54, 1.807) is 20.5 Å². The smallest absolute Gasteiger partial charge is 0.321 e. The van der Waals surface area contributed by atoms with Crippen LogP contribution in [0.15, 0.2) is 34.9 Å². The van der Waals surface area contributed by atoms with Crippen LogP contribution in [0.25, 0.3) is 0 Å². The summed E-state index contributed by atoms with van der Waals surface area (Å²) in [6.07, 6.45) is 2.37. The van der Waals surface area contributed by atoms with Gasteiger partial charge in [-0.25, -0.2) is 4.79 Å². The average Bonchev–Trinajstić information content (AvgIpc) is 3.26. The molecule has 2 aromatic rings. The average molecular weight is 372 g/mol. The highest BCUT2D eigenvalue weighted by Gasteiger charge is 2.38. The molecule has 1 unspecified atom stereocenters. The van der Waals surface area contributed by atoms with Crippen LogP contribution in [0.4, 0.5) is 4.79 Å². The molecule has 7 heteroatoms. The molecule has 7 nitrogen and oxygen atoms in total. The summed E-state index contributed by atoms with van der Waals surface area (Å²) in [5.74, 6) is 2.17. The Morgan fingerprint density at radius 1 is 1.15 bits per heavy atom. The van der Waals surface area contributed by atoms with Gasteiger partial charge < -0.3 is 28.4 Å². The summed E-state index contributed by atoms with van der Waals surface area (Å²) in [5, 5.41) is 0. The van der Waals surface area contributed by atoms with Crippen molar-refractivity contribution in [2.75, 3.05) is 47.1 Å². The van der Waals surface area contributed by atoms with Gasteiger partial charge in [-0.1, -0.05) is 0 Å². The minimum absolute atomic E-state index is 0.00298. The number of carbonyl (C=O) groups excluding carboxylic acids is 1. The van der Waals surface area contributed by atoms with Gasteiger partial charge in [-0.2, -0.15) is 0 Å². The van der Waals surface area contributed by atoms with Crippen LogP contribution in [0, 0.1) is 0 Å². The van der Waals surface area contributed by atoms with Crippen molar-refractivity contribution in [3.05, 3.63) is 47.4 Å². The van der Waals surface area contributed by atoms with E-state index in [1.807, 2.05) is 34.1 Å². The molecule has 27 heavy (non-hydrogen) atoms. The highest BCUT2D eigenvalue weighted by molar-refractivity contribution is 5.76. The molecule has 1 fully saturated rings. The van der Waals surface area contributed by atoms with Gasteiger partial charge in [0.2, 0.25) is 0 Å². The molecule has 1 saturated heterocycles. The van der Waals surface area contributed by atoms with Crippen molar-refractivity contribution in [3.8, 4) is 11.5 Å². The van der Waals surface area contributed by atoms with Gasteiger partial charge in [0, 0.05) is 31.3 Å². The van der Waals surface area contributed by atoms with Crippen LogP contribution in [0.5, 0.6) is 11.5 Å². The van der Waals surface area contributed by atoms with Gasteiger partial charge in [-0.05, 0) is 30.2 Å². The number of nitrogens with zero attached hydrogens (tertiary/aromatic N) is 2. The molecule has 2 aliphatic heterocycles. The second kappa shape index (κ2) is 7.52. The maximum Gasteiger partial charge on any atom is 0.321 e. The molecule has 0 spiro atoms. The topological polar surface area (TPSA) is 64.4 Å². The van der Waals surface area contributed by atoms with Gasteiger partial charge in [-0.3, -0.25) is 0 Å². The van der Waals surface area contributed by atoms with E-state index in [4.69, 9.17) is 18.6 Å². The Balaban J connectivity index is 1.77. The molecule has 4 rings (SSSR count). The fraction of sp³-hybridized carbons (Fsp3) is 0.450. The molecule has 0 N–H and O–H groups in total. The van der Waals surface area contributed by atoms with Crippen molar-refractivity contribution in [1.29, 1.82) is 0 Å². The first kappa shape index (κ1) is 17.7. The lowest BCUT2D eigenvalue weighted by Crippen LogP contribution is -2.51. The lowest BCUT2D eigenvalue weighted by atomic mass is 9.90. The normalized spacial score (nSPS) is 19.6. The van der Waals surface area contributed by atoms with Crippen LogP contribution in [0.1, 0.15) is 22.9 Å². The molecule has 3 heterocycles. The Labute approximate surface area is 158 Å². The molecule has 2 aliphatic rings. The number of morpholine rings is 1. The molecule has 2 amide bonds. The van der Waals surface area contributed by atoms with Crippen LogP contribution in [-0.4, -0.2) is 62.9 Å². The van der Waals surface area contributed by atoms with Crippen LogP contribution in [-0.2, 0) is 11.2 Å². The first-order valence-corrected chi connectivity index (χ1v) is 9.14. The molecular formula is C20H24N2O5. The summed E-state index contributed by atoms with van der Waals surface area (Å²) < 4.78 is 22.2. The van der Waals surface area contributed by atoms with Gasteiger partial charge in [0.05, 0.1) is 33.7 Å². The van der Waals surface area contributed by atoms with Crippen molar-refractivity contribution in [2.45, 2.75) is 12.5 Å². The van der Waals surface area contributed by atoms with E-state index in [-0.39, 0.29) is 12.1 Å². The monoisotopic (exact) mass is 372 g/mol.